The zero-order chi connectivity index (χ0) is 42.4. The number of likely N-dealkylation sites (N-methyl/N-ethyl adjacent to an activating group) is 1. The number of amides is 1. The molecule has 328 valence electrons. The maximum absolute atomic E-state index is 14.2. The highest BCUT2D eigenvalue weighted by molar-refractivity contribution is 7.99. The Balaban J connectivity index is 1.32. The van der Waals surface area contributed by atoms with Gasteiger partial charge in [0, 0.05) is 55.2 Å². The number of hydrogen-bond acceptors (Lipinski definition) is 11. The lowest BCUT2D eigenvalue weighted by atomic mass is 9.55. The van der Waals surface area contributed by atoms with Gasteiger partial charge in [0.2, 0.25) is 12.1 Å². The van der Waals surface area contributed by atoms with Crippen LogP contribution < -0.4 is 9.47 Å². The van der Waals surface area contributed by atoms with E-state index in [9.17, 15) is 15.0 Å². The van der Waals surface area contributed by atoms with Crippen LogP contribution >= 0.6 is 11.8 Å². The van der Waals surface area contributed by atoms with Crippen molar-refractivity contribution in [1.82, 2.24) is 4.90 Å². The third-order valence-electron chi connectivity index (χ3n) is 12.4. The minimum Gasteiger partial charge on any atom is -0.493 e. The molecule has 3 aromatic rings. The van der Waals surface area contributed by atoms with Crippen LogP contribution in [0.3, 0.4) is 0 Å². The van der Waals surface area contributed by atoms with E-state index in [-0.39, 0.29) is 50.6 Å². The van der Waals surface area contributed by atoms with Gasteiger partial charge in [-0.25, -0.2) is 4.79 Å². The van der Waals surface area contributed by atoms with E-state index in [1.54, 1.807) is 29.8 Å². The number of carbonyl (C=O) groups excluding carboxylic acids is 1. The van der Waals surface area contributed by atoms with Crippen molar-refractivity contribution in [2.24, 2.45) is 22.9 Å². The summed E-state index contributed by atoms with van der Waals surface area (Å²) < 4.78 is 32.7. The minimum atomic E-state index is -1.38. The molecule has 1 saturated heterocycles. The third kappa shape index (κ3) is 10.8. The van der Waals surface area contributed by atoms with Crippen LogP contribution in [-0.4, -0.2) is 90.9 Å². The van der Waals surface area contributed by atoms with Crippen LogP contribution in [0.1, 0.15) is 81.3 Å². The zero-order valence-corrected chi connectivity index (χ0v) is 36.2. The maximum Gasteiger partial charge on any atom is 0.410 e. The first-order valence-corrected chi connectivity index (χ1v) is 23.0. The van der Waals surface area contributed by atoms with Crippen LogP contribution in [0.15, 0.2) is 113 Å². The van der Waals surface area contributed by atoms with E-state index in [0.29, 0.717) is 37.5 Å². The molecule has 1 saturated carbocycles. The Bertz CT molecular complexity index is 1920. The quantitative estimate of drug-likeness (QED) is 0.0463. The number of carbonyl (C=O) groups is 1. The molecule has 3 aromatic carbocycles. The number of nitrogens with zero attached hydrogens (tertiary/aromatic N) is 2. The predicted octanol–water partition coefficient (Wildman–Crippen LogP) is 9.29. The highest BCUT2D eigenvalue weighted by Gasteiger charge is 2.65. The number of aliphatic hydroxyl groups is 2. The lowest BCUT2D eigenvalue weighted by molar-refractivity contribution is -0.254. The Kier molecular flexibility index (Phi) is 16.2. The number of ether oxygens (including phenoxy) is 5. The van der Waals surface area contributed by atoms with Gasteiger partial charge < -0.3 is 43.6 Å². The van der Waals surface area contributed by atoms with Gasteiger partial charge in [0.05, 0.1) is 31.5 Å². The molecular formula is C49H62N2O9S. The summed E-state index contributed by atoms with van der Waals surface area (Å²) in [5.41, 5.74) is 3.57. The van der Waals surface area contributed by atoms with Gasteiger partial charge in [-0.1, -0.05) is 78.7 Å². The standard InChI is InChI=1S/C49H62N2O9S/c1-3-27-58-49-44(51(2)48(54)57-34-35-16-6-4-7-17-35)33-42(50-60-45-22-12-15-28-56-45)40-31-36(18-10-13-25-52)39(21-11-14-26-53)46(47(40)49)41-32-37(23-24-43(41)59-49)55-29-30-61-38-19-8-5-9-20-38/h3-9,16-17,19-20,23-24,31-32,36,39,44-47,52-53H,1,10-15,18,21-22,25-30,33-34H2,2H3/t36-,39+,44-,45?,46+,47+,49+/m0/s1. The highest BCUT2D eigenvalue weighted by atomic mass is 32.2. The number of thioether (sulfide) groups is 1. The molecule has 0 spiro atoms. The van der Waals surface area contributed by atoms with Gasteiger partial charge in [0.25, 0.3) is 0 Å². The smallest absolute Gasteiger partial charge is 0.410 e. The van der Waals surface area contributed by atoms with E-state index >= 15 is 0 Å². The molecule has 1 amide bonds. The largest absolute Gasteiger partial charge is 0.493 e. The van der Waals surface area contributed by atoms with E-state index in [1.807, 2.05) is 60.7 Å². The van der Waals surface area contributed by atoms with Gasteiger partial charge in [0.15, 0.2) is 0 Å². The summed E-state index contributed by atoms with van der Waals surface area (Å²) in [6.07, 6.45) is 10.8. The predicted molar refractivity (Wildman–Crippen MR) is 237 cm³/mol. The fourth-order valence-electron chi connectivity index (χ4n) is 9.52. The Morgan fingerprint density at radius 2 is 1.77 bits per heavy atom. The second-order valence-electron chi connectivity index (χ2n) is 16.3. The minimum absolute atomic E-state index is 0.0927. The topological polar surface area (TPSA) is 129 Å². The fourth-order valence-corrected chi connectivity index (χ4v) is 10.3. The van der Waals surface area contributed by atoms with Crippen molar-refractivity contribution >= 4 is 23.6 Å². The van der Waals surface area contributed by atoms with Crippen LogP contribution in [0.5, 0.6) is 11.5 Å². The number of unbranched alkanes of at least 4 members (excludes halogenated alkanes) is 2. The molecule has 7 rings (SSSR count). The molecule has 1 unspecified atom stereocenters. The third-order valence-corrected chi connectivity index (χ3v) is 13.4. The second-order valence-corrected chi connectivity index (χ2v) is 17.5. The number of benzene rings is 3. The summed E-state index contributed by atoms with van der Waals surface area (Å²) in [6.45, 7) is 5.67. The van der Waals surface area contributed by atoms with Crippen LogP contribution in [0.25, 0.3) is 0 Å². The number of aliphatic hydroxyl groups excluding tert-OH is 2. The van der Waals surface area contributed by atoms with Crippen molar-refractivity contribution in [2.75, 3.05) is 45.8 Å². The van der Waals surface area contributed by atoms with Crippen molar-refractivity contribution in [2.45, 2.75) is 99.7 Å². The van der Waals surface area contributed by atoms with Crippen LogP contribution in [-0.2, 0) is 25.7 Å². The van der Waals surface area contributed by atoms with Crippen molar-refractivity contribution < 1.29 is 43.5 Å². The molecular weight excluding hydrogens is 793 g/mol. The Labute approximate surface area is 365 Å². The molecule has 2 aliphatic carbocycles. The maximum atomic E-state index is 14.2. The first-order valence-electron chi connectivity index (χ1n) is 22.1. The van der Waals surface area contributed by atoms with Gasteiger partial charge >= 0.3 is 6.09 Å². The lowest BCUT2D eigenvalue weighted by Crippen LogP contribution is -2.69. The van der Waals surface area contributed by atoms with Gasteiger partial charge in [0.1, 0.15) is 24.1 Å². The van der Waals surface area contributed by atoms with Crippen molar-refractivity contribution in [3.05, 3.63) is 114 Å². The van der Waals surface area contributed by atoms with Crippen molar-refractivity contribution in [3.8, 4) is 11.5 Å². The molecule has 2 N–H and O–H groups in total. The summed E-state index contributed by atoms with van der Waals surface area (Å²) in [7, 11) is 1.74. The monoisotopic (exact) mass is 854 g/mol. The number of fused-ring (bicyclic) bond motifs is 2. The SMILES string of the molecule is C=CCO[C@@]12Oc3ccc(OCCSc4ccccc4)cc3[C@H]3[C@H](CCCCO)[C@@H](CCCCO)C=C(C(=NOC4CCCCO4)C[C@@H]1N(C)C(=O)OCc1ccccc1)[C@H]32. The Morgan fingerprint density at radius 3 is 2.51 bits per heavy atom. The molecule has 7 atom stereocenters. The molecule has 0 radical (unpaired) electrons. The second kappa shape index (κ2) is 22.2. The van der Waals surface area contributed by atoms with Crippen LogP contribution in [0.4, 0.5) is 4.79 Å². The first kappa shape index (κ1) is 44.7. The average molecular weight is 855 g/mol. The molecule has 12 heteroatoms. The molecule has 0 bridgehead atoms. The first-order chi connectivity index (χ1) is 30.0. The van der Waals surface area contributed by atoms with Crippen molar-refractivity contribution in [3.63, 3.8) is 0 Å². The number of hydrogen-bond donors (Lipinski definition) is 2. The molecule has 11 nitrogen and oxygen atoms in total. The van der Waals surface area contributed by atoms with Crippen LogP contribution in [0.2, 0.25) is 0 Å². The van der Waals surface area contributed by atoms with Crippen molar-refractivity contribution in [1.29, 1.82) is 0 Å². The van der Waals surface area contributed by atoms with E-state index < -0.39 is 30.1 Å². The van der Waals surface area contributed by atoms with Crippen LogP contribution in [0, 0.1) is 17.8 Å². The van der Waals surface area contributed by atoms with Gasteiger partial charge in [-0.15, -0.1) is 18.3 Å². The number of allylic oxidation sites excluding steroid dienone is 1. The van der Waals surface area contributed by atoms with Gasteiger partial charge in [-0.3, -0.25) is 0 Å². The Hall–Kier alpha value is -4.33. The summed E-state index contributed by atoms with van der Waals surface area (Å²) in [4.78, 5) is 23.2. The summed E-state index contributed by atoms with van der Waals surface area (Å²) in [5, 5.41) is 24.8. The Morgan fingerprint density at radius 1 is 1.00 bits per heavy atom. The van der Waals surface area contributed by atoms with E-state index in [2.05, 4.69) is 30.9 Å². The molecule has 2 heterocycles. The van der Waals surface area contributed by atoms with Gasteiger partial charge in [-0.05, 0) is 91.8 Å². The van der Waals surface area contributed by atoms with E-state index in [0.717, 1.165) is 73.1 Å². The fraction of sp³-hybridized carbons (Fsp3) is 0.510. The molecule has 0 aromatic heterocycles. The highest BCUT2D eigenvalue weighted by Crippen LogP contribution is 2.62. The van der Waals surface area contributed by atoms with Gasteiger partial charge in [-0.2, -0.15) is 0 Å². The summed E-state index contributed by atoms with van der Waals surface area (Å²) in [6, 6.07) is 25.3. The normalized spacial score (nSPS) is 26.0. The zero-order valence-electron chi connectivity index (χ0n) is 35.4. The number of rotatable bonds is 21. The molecule has 4 aliphatic rings. The number of oxime groups is 1. The molecule has 61 heavy (non-hydrogen) atoms. The summed E-state index contributed by atoms with van der Waals surface area (Å²) >= 11 is 1.75. The molecule has 2 aliphatic heterocycles. The average Bonchev–Trinajstić information content (AvgIpc) is 3.30. The lowest BCUT2D eigenvalue weighted by Gasteiger charge is -2.59. The molecule has 2 fully saturated rings. The summed E-state index contributed by atoms with van der Waals surface area (Å²) in [5.74, 6) is 0.424. The van der Waals surface area contributed by atoms with E-state index in [1.165, 1.54) is 4.90 Å². The van der Waals surface area contributed by atoms with E-state index in [4.69, 9.17) is 33.7 Å².